The number of Topliss-reactive ketones (excluding diaryl/α,β-unsaturated/α-hetero) is 6. The van der Waals surface area contributed by atoms with Gasteiger partial charge in [-0.3, -0.25) is 28.8 Å². The molecule has 2 aliphatic carbocycles. The molecular weight excluding hydrogens is 881 g/mol. The molecule has 0 spiro atoms. The molecule has 2 atom stereocenters. The fourth-order valence-corrected chi connectivity index (χ4v) is 8.32. The quantitative estimate of drug-likeness (QED) is 0.0610. The molecule has 2 aliphatic rings. The van der Waals surface area contributed by atoms with Crippen LogP contribution >= 0.6 is 0 Å². The van der Waals surface area contributed by atoms with Gasteiger partial charge in [-0.15, -0.1) is 0 Å². The molecule has 10 heteroatoms. The van der Waals surface area contributed by atoms with Gasteiger partial charge in [0.05, 0.1) is 0 Å². The Balaban J connectivity index is 1.30. The average molecular weight is 945 g/mol. The first-order chi connectivity index (χ1) is 32.9. The van der Waals surface area contributed by atoms with Crippen molar-refractivity contribution in [3.63, 3.8) is 0 Å². The highest BCUT2D eigenvalue weighted by Gasteiger charge is 2.42. The van der Waals surface area contributed by atoms with Crippen LogP contribution in [0.2, 0.25) is 0 Å². The number of ketones is 6. The van der Waals surface area contributed by atoms with Crippen LogP contribution in [0.4, 0.5) is 0 Å². The lowest BCUT2D eigenvalue weighted by atomic mass is 9.71. The van der Waals surface area contributed by atoms with E-state index < -0.39 is 46.5 Å². The third kappa shape index (κ3) is 14.5. The second-order valence-electron chi connectivity index (χ2n) is 19.0. The Morgan fingerprint density at radius 1 is 0.471 bits per heavy atom. The number of esters is 2. The molecule has 0 fully saturated rings. The number of carbonyl (C=O) groups is 8. The standard InChI is InChI=1S/C60H64O10/c1-37(23-19-25-39(3)31-33-49-41(5)53(63)51(35-59(49,9)10)69-57(67)55(65)47-29-17-15-27-45(47)43(7)61)21-13-14-22-38(2)24-20-26-40(4)32-34-50-42(6)54(64)52(36-60(50,11)12)70-58(68)56(66)48-30-18-16-28-46(48)44(8)62/h13-34,51-52H,35-36H2,1-12H3/b14-13+,23-19+,24-20+,33-31+,34-32+,37-21+,38-22+,39-25+,40-26+. The molecule has 0 amide bonds. The van der Waals surface area contributed by atoms with Gasteiger partial charge in [0.2, 0.25) is 0 Å². The second-order valence-corrected chi connectivity index (χ2v) is 19.0. The lowest BCUT2D eigenvalue weighted by Crippen LogP contribution is -2.40. The molecule has 0 saturated carbocycles. The van der Waals surface area contributed by atoms with Gasteiger partial charge < -0.3 is 9.47 Å². The van der Waals surface area contributed by atoms with Gasteiger partial charge in [-0.2, -0.15) is 0 Å². The van der Waals surface area contributed by atoms with Crippen molar-refractivity contribution in [2.45, 2.75) is 108 Å². The minimum Gasteiger partial charge on any atom is -0.448 e. The van der Waals surface area contributed by atoms with Gasteiger partial charge in [0.25, 0.3) is 11.6 Å². The molecular formula is C60H64O10. The molecule has 0 saturated heterocycles. The van der Waals surface area contributed by atoms with Crippen LogP contribution in [-0.2, 0) is 28.7 Å². The predicted octanol–water partition coefficient (Wildman–Crippen LogP) is 12.2. The Hall–Kier alpha value is -7.46. The second kappa shape index (κ2) is 24.2. The van der Waals surface area contributed by atoms with Crippen molar-refractivity contribution < 1.29 is 47.8 Å². The van der Waals surface area contributed by atoms with Crippen molar-refractivity contribution in [2.75, 3.05) is 0 Å². The third-order valence-electron chi connectivity index (χ3n) is 12.2. The Morgan fingerprint density at radius 2 is 0.771 bits per heavy atom. The summed E-state index contributed by atoms with van der Waals surface area (Å²) < 4.78 is 10.9. The lowest BCUT2D eigenvalue weighted by Gasteiger charge is -2.36. The van der Waals surface area contributed by atoms with E-state index >= 15 is 0 Å². The highest BCUT2D eigenvalue weighted by atomic mass is 16.6. The van der Waals surface area contributed by atoms with E-state index in [2.05, 4.69) is 0 Å². The zero-order valence-electron chi connectivity index (χ0n) is 42.4. The summed E-state index contributed by atoms with van der Waals surface area (Å²) in [6, 6.07) is 12.1. The maximum Gasteiger partial charge on any atom is 0.380 e. The van der Waals surface area contributed by atoms with Gasteiger partial charge >= 0.3 is 11.9 Å². The molecule has 0 heterocycles. The summed E-state index contributed by atoms with van der Waals surface area (Å²) in [6.07, 6.45) is 25.5. The highest BCUT2D eigenvalue weighted by molar-refractivity contribution is 6.43. The number of benzene rings is 2. The molecule has 0 aliphatic heterocycles. The smallest absolute Gasteiger partial charge is 0.380 e. The first kappa shape index (κ1) is 55.1. The van der Waals surface area contributed by atoms with Crippen LogP contribution in [0.3, 0.4) is 0 Å². The van der Waals surface area contributed by atoms with Crippen molar-refractivity contribution >= 4 is 46.6 Å². The molecule has 2 unspecified atom stereocenters. The molecule has 364 valence electrons. The number of carbonyl (C=O) groups excluding carboxylic acids is 8. The fourth-order valence-electron chi connectivity index (χ4n) is 8.32. The van der Waals surface area contributed by atoms with E-state index in [1.807, 2.05) is 140 Å². The van der Waals surface area contributed by atoms with Crippen LogP contribution in [-0.4, -0.2) is 58.8 Å². The topological polar surface area (TPSA) is 155 Å². The molecule has 2 aromatic rings. The predicted molar refractivity (Wildman–Crippen MR) is 274 cm³/mol. The molecule has 0 N–H and O–H groups in total. The fraction of sp³-hybridized carbons (Fsp3) is 0.300. The molecule has 0 bridgehead atoms. The van der Waals surface area contributed by atoms with Crippen molar-refractivity contribution in [2.24, 2.45) is 10.8 Å². The van der Waals surface area contributed by atoms with E-state index in [9.17, 15) is 38.4 Å². The molecule has 4 rings (SSSR count). The maximum atomic E-state index is 13.4. The van der Waals surface area contributed by atoms with E-state index in [1.54, 1.807) is 38.1 Å². The first-order valence-electron chi connectivity index (χ1n) is 23.2. The minimum atomic E-state index is -1.17. The zero-order chi connectivity index (χ0) is 52.1. The van der Waals surface area contributed by atoms with Crippen LogP contribution in [0.5, 0.6) is 0 Å². The van der Waals surface area contributed by atoms with Gasteiger partial charge in [0, 0.05) is 35.1 Å². The van der Waals surface area contributed by atoms with Gasteiger partial charge in [-0.1, -0.05) is 184 Å². The van der Waals surface area contributed by atoms with Crippen LogP contribution < -0.4 is 0 Å². The summed E-state index contributed by atoms with van der Waals surface area (Å²) in [5, 5.41) is 0. The van der Waals surface area contributed by atoms with Gasteiger partial charge in [-0.05, 0) is 88.5 Å². The number of rotatable bonds is 18. The molecule has 2 aromatic carbocycles. The van der Waals surface area contributed by atoms with Crippen molar-refractivity contribution in [3.8, 4) is 0 Å². The summed E-state index contributed by atoms with van der Waals surface area (Å²) >= 11 is 0. The van der Waals surface area contributed by atoms with Crippen molar-refractivity contribution in [3.05, 3.63) is 200 Å². The molecule has 70 heavy (non-hydrogen) atoms. The van der Waals surface area contributed by atoms with Crippen LogP contribution in [0.25, 0.3) is 0 Å². The Bertz CT molecular complexity index is 2640. The number of allylic oxidation sites excluding steroid dienone is 20. The van der Waals surface area contributed by atoms with E-state index in [1.165, 1.54) is 38.1 Å². The molecule has 0 aromatic heterocycles. The first-order valence-corrected chi connectivity index (χ1v) is 23.2. The SMILES string of the molecule is CC(=O)c1ccccc1C(=O)C(=O)OC1CC(C)(C)C(/C=C/C(C)=C/C=C/C(C)=C/C=C/C=C(C)/C=C/C=C(C)/C=C/C2=C(C)C(=O)C(OC(=O)C(=O)c3ccccc3C(C)=O)CC2(C)C)=C(C)C1=O. The number of hydrogen-bond donors (Lipinski definition) is 0. The summed E-state index contributed by atoms with van der Waals surface area (Å²) in [4.78, 5) is 102. The third-order valence-corrected chi connectivity index (χ3v) is 12.2. The van der Waals surface area contributed by atoms with Crippen LogP contribution in [0.1, 0.15) is 137 Å². The Morgan fingerprint density at radius 3 is 1.10 bits per heavy atom. The van der Waals surface area contributed by atoms with E-state index in [0.717, 1.165) is 33.4 Å². The van der Waals surface area contributed by atoms with E-state index in [0.29, 0.717) is 11.1 Å². The normalized spacial score (nSPS) is 19.3. The van der Waals surface area contributed by atoms with Crippen LogP contribution in [0, 0.1) is 10.8 Å². The average Bonchev–Trinajstić information content (AvgIpc) is 3.30. The summed E-state index contributed by atoms with van der Waals surface area (Å²) in [6.45, 7) is 21.8. The lowest BCUT2D eigenvalue weighted by molar-refractivity contribution is -0.151. The van der Waals surface area contributed by atoms with Gasteiger partial charge in [-0.25, -0.2) is 9.59 Å². The summed E-state index contributed by atoms with van der Waals surface area (Å²) in [7, 11) is 0. The number of ether oxygens (including phenoxy) is 2. The van der Waals surface area contributed by atoms with Crippen molar-refractivity contribution in [1.82, 2.24) is 0 Å². The molecule has 0 radical (unpaired) electrons. The highest BCUT2D eigenvalue weighted by Crippen LogP contribution is 2.42. The number of hydrogen-bond acceptors (Lipinski definition) is 10. The van der Waals surface area contributed by atoms with Crippen LogP contribution in [0.15, 0.2) is 178 Å². The Labute approximate surface area is 412 Å². The molecule has 10 nitrogen and oxygen atoms in total. The van der Waals surface area contributed by atoms with Gasteiger partial charge in [0.15, 0.2) is 35.3 Å². The monoisotopic (exact) mass is 944 g/mol. The van der Waals surface area contributed by atoms with E-state index in [-0.39, 0.29) is 58.2 Å². The van der Waals surface area contributed by atoms with Gasteiger partial charge in [0.1, 0.15) is 0 Å². The largest absolute Gasteiger partial charge is 0.448 e. The summed E-state index contributed by atoms with van der Waals surface area (Å²) in [5.74, 6) is -5.72. The minimum absolute atomic E-state index is 0.0527. The summed E-state index contributed by atoms with van der Waals surface area (Å²) in [5.41, 5.74) is 5.56. The zero-order valence-corrected chi connectivity index (χ0v) is 42.4. The van der Waals surface area contributed by atoms with E-state index in [4.69, 9.17) is 9.47 Å². The van der Waals surface area contributed by atoms with Crippen molar-refractivity contribution in [1.29, 1.82) is 0 Å². The Kier molecular flexibility index (Phi) is 19.1. The maximum absolute atomic E-state index is 13.4.